The highest BCUT2D eigenvalue weighted by atomic mass is 79.9. The Hall–Kier alpha value is -0.880. The molecule has 1 atom stereocenters. The first-order valence-corrected chi connectivity index (χ1v) is 8.27. The molecule has 0 saturated heterocycles. The zero-order valence-electron chi connectivity index (χ0n) is 11.9. The number of thiophene rings is 1. The molecule has 0 aliphatic heterocycles. The first kappa shape index (κ1) is 15.5. The Morgan fingerprint density at radius 3 is 2.55 bits per heavy atom. The van der Waals surface area contributed by atoms with Gasteiger partial charge in [0, 0.05) is 20.1 Å². The van der Waals surface area contributed by atoms with E-state index in [1.165, 1.54) is 29.1 Å². The summed E-state index contributed by atoms with van der Waals surface area (Å²) < 4.78 is 0.917. The van der Waals surface area contributed by atoms with Crippen LogP contribution in [0.25, 0.3) is 0 Å². The fourth-order valence-corrected chi connectivity index (χ4v) is 3.51. The Balaban J connectivity index is 1.91. The highest BCUT2D eigenvalue weighted by molar-refractivity contribution is 9.11. The van der Waals surface area contributed by atoms with Gasteiger partial charge in [0.05, 0.1) is 15.2 Å². The number of nitrogens with zero attached hydrogens (tertiary/aromatic N) is 2. The van der Waals surface area contributed by atoms with E-state index in [9.17, 15) is 9.59 Å². The lowest BCUT2D eigenvalue weighted by Crippen LogP contribution is -2.43. The van der Waals surface area contributed by atoms with Gasteiger partial charge in [-0.2, -0.15) is 0 Å². The lowest BCUT2D eigenvalue weighted by atomic mass is 10.2. The van der Waals surface area contributed by atoms with Crippen LogP contribution in [-0.2, 0) is 4.79 Å². The predicted octanol–water partition coefficient (Wildman–Crippen LogP) is 2.84. The van der Waals surface area contributed by atoms with Crippen molar-refractivity contribution in [3.63, 3.8) is 0 Å². The van der Waals surface area contributed by atoms with Crippen LogP contribution in [0, 0.1) is 5.92 Å². The average molecular weight is 359 g/mol. The molecule has 2 amide bonds. The Morgan fingerprint density at radius 2 is 2.05 bits per heavy atom. The van der Waals surface area contributed by atoms with E-state index < -0.39 is 0 Å². The third-order valence-corrected chi connectivity index (χ3v) is 5.42. The van der Waals surface area contributed by atoms with Crippen molar-refractivity contribution < 1.29 is 9.59 Å². The normalized spacial score (nSPS) is 15.8. The van der Waals surface area contributed by atoms with Crippen molar-refractivity contribution in [2.45, 2.75) is 25.8 Å². The third-order valence-electron chi connectivity index (χ3n) is 3.81. The van der Waals surface area contributed by atoms with Gasteiger partial charge in [0.25, 0.3) is 5.91 Å². The van der Waals surface area contributed by atoms with Gasteiger partial charge >= 0.3 is 0 Å². The first-order chi connectivity index (χ1) is 9.40. The molecule has 4 nitrogen and oxygen atoms in total. The molecule has 1 unspecified atom stereocenters. The number of carbonyl (C=O) groups excluding carboxylic acids is 2. The molecule has 0 N–H and O–H groups in total. The van der Waals surface area contributed by atoms with Crippen LogP contribution in [0.4, 0.5) is 0 Å². The van der Waals surface area contributed by atoms with E-state index in [1.807, 2.05) is 13.1 Å². The summed E-state index contributed by atoms with van der Waals surface area (Å²) in [5, 5.41) is 0. The van der Waals surface area contributed by atoms with Crippen LogP contribution in [0.3, 0.4) is 0 Å². The monoisotopic (exact) mass is 358 g/mol. The van der Waals surface area contributed by atoms with E-state index >= 15 is 0 Å². The second kappa shape index (κ2) is 6.26. The van der Waals surface area contributed by atoms with Crippen LogP contribution in [0.5, 0.6) is 0 Å². The highest BCUT2D eigenvalue weighted by Gasteiger charge is 2.32. The Labute approximate surface area is 131 Å². The summed E-state index contributed by atoms with van der Waals surface area (Å²) in [6.07, 6.45) is 2.41. The maximum Gasteiger partial charge on any atom is 0.264 e. The molecule has 6 heteroatoms. The van der Waals surface area contributed by atoms with Gasteiger partial charge in [-0.25, -0.2) is 0 Å². The number of halogens is 1. The topological polar surface area (TPSA) is 40.6 Å². The number of likely N-dealkylation sites (N-methyl/N-ethyl adjacent to an activating group) is 2. The highest BCUT2D eigenvalue weighted by Crippen LogP contribution is 2.34. The smallest absolute Gasteiger partial charge is 0.264 e. The molecule has 20 heavy (non-hydrogen) atoms. The van der Waals surface area contributed by atoms with Crippen LogP contribution >= 0.6 is 27.3 Å². The fraction of sp³-hybridized carbons (Fsp3) is 0.571. The van der Waals surface area contributed by atoms with Crippen molar-refractivity contribution in [3.8, 4) is 0 Å². The minimum atomic E-state index is -0.110. The number of hydrogen-bond donors (Lipinski definition) is 0. The summed E-state index contributed by atoms with van der Waals surface area (Å²) in [4.78, 5) is 28.3. The van der Waals surface area contributed by atoms with Crippen LogP contribution in [0.2, 0.25) is 0 Å². The summed E-state index contributed by atoms with van der Waals surface area (Å²) in [6, 6.07) is 3.88. The molecule has 110 valence electrons. The van der Waals surface area contributed by atoms with Gasteiger partial charge in [0.1, 0.15) is 0 Å². The second-order valence-corrected chi connectivity index (χ2v) is 7.81. The molecular weight excluding hydrogens is 340 g/mol. The predicted molar refractivity (Wildman–Crippen MR) is 83.9 cm³/mol. The van der Waals surface area contributed by atoms with E-state index in [4.69, 9.17) is 0 Å². The summed E-state index contributed by atoms with van der Waals surface area (Å²) in [5.74, 6) is 0.524. The van der Waals surface area contributed by atoms with E-state index in [0.717, 1.165) is 3.79 Å². The number of hydrogen-bond acceptors (Lipinski definition) is 3. The Bertz CT molecular complexity index is 513. The van der Waals surface area contributed by atoms with E-state index in [0.29, 0.717) is 10.8 Å². The third kappa shape index (κ3) is 3.61. The minimum Gasteiger partial charge on any atom is -0.341 e. The molecule has 0 aromatic carbocycles. The van der Waals surface area contributed by atoms with E-state index in [2.05, 4.69) is 22.9 Å². The molecule has 1 heterocycles. The Morgan fingerprint density at radius 1 is 1.40 bits per heavy atom. The van der Waals surface area contributed by atoms with Crippen LogP contribution in [0.1, 0.15) is 29.4 Å². The second-order valence-electron chi connectivity index (χ2n) is 5.35. The number of rotatable bonds is 5. The summed E-state index contributed by atoms with van der Waals surface area (Å²) >= 11 is 4.72. The summed E-state index contributed by atoms with van der Waals surface area (Å²) in [7, 11) is 3.49. The van der Waals surface area contributed by atoms with Crippen molar-refractivity contribution in [1.82, 2.24) is 9.80 Å². The van der Waals surface area contributed by atoms with Crippen molar-refractivity contribution in [2.24, 2.45) is 5.92 Å². The van der Waals surface area contributed by atoms with Gasteiger partial charge in [0.2, 0.25) is 5.91 Å². The SMILES string of the molecule is CC(C1CC1)N(C)C(=O)CN(C)C(=O)c1ccc(Br)s1. The van der Waals surface area contributed by atoms with Gasteiger partial charge in [-0.3, -0.25) is 9.59 Å². The molecule has 1 aliphatic rings. The molecule has 1 aromatic heterocycles. The molecule has 1 aromatic rings. The molecule has 0 spiro atoms. The maximum absolute atomic E-state index is 12.2. The average Bonchev–Trinajstić information content (AvgIpc) is 3.18. The van der Waals surface area contributed by atoms with Crippen LogP contribution in [-0.4, -0.2) is 48.3 Å². The summed E-state index contributed by atoms with van der Waals surface area (Å²) in [6.45, 7) is 2.20. The minimum absolute atomic E-state index is 0.00382. The quantitative estimate of drug-likeness (QED) is 0.811. The molecule has 1 saturated carbocycles. The van der Waals surface area contributed by atoms with Gasteiger partial charge < -0.3 is 9.80 Å². The standard InChI is InChI=1S/C14H19BrN2O2S/c1-9(10-4-5-10)17(3)13(18)8-16(2)14(19)11-6-7-12(15)20-11/h6-7,9-10H,4-5,8H2,1-3H3. The van der Waals surface area contributed by atoms with E-state index in [1.54, 1.807) is 18.0 Å². The molecule has 2 rings (SSSR count). The van der Waals surface area contributed by atoms with Crippen molar-refractivity contribution in [2.75, 3.05) is 20.6 Å². The summed E-state index contributed by atoms with van der Waals surface area (Å²) in [5.41, 5.74) is 0. The molecule has 1 aliphatic carbocycles. The zero-order chi connectivity index (χ0) is 14.9. The van der Waals surface area contributed by atoms with Crippen molar-refractivity contribution in [1.29, 1.82) is 0 Å². The van der Waals surface area contributed by atoms with Crippen LogP contribution < -0.4 is 0 Å². The van der Waals surface area contributed by atoms with Gasteiger partial charge in [-0.15, -0.1) is 11.3 Å². The first-order valence-electron chi connectivity index (χ1n) is 6.66. The largest absolute Gasteiger partial charge is 0.341 e. The van der Waals surface area contributed by atoms with Crippen LogP contribution in [0.15, 0.2) is 15.9 Å². The van der Waals surface area contributed by atoms with Gasteiger partial charge in [0.15, 0.2) is 0 Å². The van der Waals surface area contributed by atoms with Gasteiger partial charge in [-0.05, 0) is 53.7 Å². The number of amides is 2. The molecular formula is C14H19BrN2O2S. The molecule has 0 bridgehead atoms. The van der Waals surface area contributed by atoms with Crippen molar-refractivity contribution in [3.05, 3.63) is 20.8 Å². The maximum atomic E-state index is 12.2. The van der Waals surface area contributed by atoms with E-state index in [-0.39, 0.29) is 24.4 Å². The van der Waals surface area contributed by atoms with Gasteiger partial charge in [-0.1, -0.05) is 0 Å². The molecule has 1 fully saturated rings. The Kier molecular flexibility index (Phi) is 4.86. The zero-order valence-corrected chi connectivity index (χ0v) is 14.3. The lowest BCUT2D eigenvalue weighted by Gasteiger charge is -2.27. The fourth-order valence-electron chi connectivity index (χ4n) is 2.13. The lowest BCUT2D eigenvalue weighted by molar-refractivity contribution is -0.132. The molecule has 0 radical (unpaired) electrons. The van der Waals surface area contributed by atoms with Crippen molar-refractivity contribution >= 4 is 39.1 Å². The number of carbonyl (C=O) groups is 2.